The minimum atomic E-state index is -0.231. The quantitative estimate of drug-likeness (QED) is 0.661. The van der Waals surface area contributed by atoms with Crippen molar-refractivity contribution in [1.82, 2.24) is 14.3 Å². The zero-order valence-electron chi connectivity index (χ0n) is 16.5. The van der Waals surface area contributed by atoms with E-state index in [9.17, 15) is 9.18 Å². The van der Waals surface area contributed by atoms with Crippen LogP contribution in [0.3, 0.4) is 0 Å². The van der Waals surface area contributed by atoms with Gasteiger partial charge in [-0.3, -0.25) is 4.79 Å². The Morgan fingerprint density at radius 1 is 1.07 bits per heavy atom. The van der Waals surface area contributed by atoms with Gasteiger partial charge in [0.05, 0.1) is 17.8 Å². The van der Waals surface area contributed by atoms with Gasteiger partial charge in [0.2, 0.25) is 5.91 Å². The van der Waals surface area contributed by atoms with Crippen LogP contribution in [0.2, 0.25) is 0 Å². The van der Waals surface area contributed by atoms with Crippen LogP contribution in [-0.2, 0) is 11.2 Å². The van der Waals surface area contributed by atoms with E-state index in [-0.39, 0.29) is 11.7 Å². The predicted octanol–water partition coefficient (Wildman–Crippen LogP) is 4.70. The monoisotopic (exact) mass is 379 g/mol. The summed E-state index contributed by atoms with van der Waals surface area (Å²) in [6.45, 7) is 5.45. The molecular formula is C23H26FN3O. The molecule has 1 aliphatic heterocycles. The molecule has 3 aromatic rings. The molecule has 4 nitrogen and oxygen atoms in total. The standard InChI is InChI=1S/C23H26FN3O/c1-16-7-10-21-25-23(18-8-9-19(24)17(2)13-18)20(27(21)15-16)14-22(28)26-11-5-3-4-6-12-26/h7-10,13,15H,3-6,11-12,14H2,1-2H3. The number of carbonyl (C=O) groups excluding carboxylic acids is 1. The number of likely N-dealkylation sites (tertiary alicyclic amines) is 1. The molecule has 0 radical (unpaired) electrons. The predicted molar refractivity (Wildman–Crippen MR) is 109 cm³/mol. The first-order valence-corrected chi connectivity index (χ1v) is 10.0. The van der Waals surface area contributed by atoms with Gasteiger partial charge in [-0.2, -0.15) is 0 Å². The smallest absolute Gasteiger partial charge is 0.228 e. The highest BCUT2D eigenvalue weighted by atomic mass is 19.1. The number of hydrogen-bond acceptors (Lipinski definition) is 2. The van der Waals surface area contributed by atoms with Crippen molar-refractivity contribution in [2.45, 2.75) is 46.0 Å². The fourth-order valence-electron chi connectivity index (χ4n) is 3.97. The molecule has 0 spiro atoms. The highest BCUT2D eigenvalue weighted by Crippen LogP contribution is 2.27. The first-order chi connectivity index (χ1) is 13.5. The maximum absolute atomic E-state index is 13.8. The van der Waals surface area contributed by atoms with Gasteiger partial charge < -0.3 is 9.30 Å². The summed E-state index contributed by atoms with van der Waals surface area (Å²) in [5.41, 5.74) is 4.97. The van der Waals surface area contributed by atoms with E-state index < -0.39 is 0 Å². The number of imidazole rings is 1. The third kappa shape index (κ3) is 3.66. The van der Waals surface area contributed by atoms with Crippen LogP contribution in [0.15, 0.2) is 36.5 Å². The number of aromatic nitrogens is 2. The number of rotatable bonds is 3. The number of amides is 1. The van der Waals surface area contributed by atoms with Crippen LogP contribution in [0.4, 0.5) is 4.39 Å². The van der Waals surface area contributed by atoms with Crippen molar-refractivity contribution >= 4 is 11.6 Å². The molecule has 4 rings (SSSR count). The average Bonchev–Trinajstić information content (AvgIpc) is 2.85. The molecule has 3 heterocycles. The van der Waals surface area contributed by atoms with Gasteiger partial charge in [0, 0.05) is 24.8 Å². The molecule has 0 bridgehead atoms. The van der Waals surface area contributed by atoms with Gasteiger partial charge in [-0.1, -0.05) is 18.9 Å². The lowest BCUT2D eigenvalue weighted by Crippen LogP contribution is -2.33. The number of nitrogens with zero attached hydrogens (tertiary/aromatic N) is 3. The highest BCUT2D eigenvalue weighted by Gasteiger charge is 2.22. The van der Waals surface area contributed by atoms with Crippen molar-refractivity contribution in [1.29, 1.82) is 0 Å². The Morgan fingerprint density at radius 3 is 2.54 bits per heavy atom. The SMILES string of the molecule is Cc1ccc2nc(-c3ccc(F)c(C)c3)c(CC(=O)N3CCCCCC3)n2c1. The number of carbonyl (C=O) groups is 1. The second-order valence-electron chi connectivity index (χ2n) is 7.78. The lowest BCUT2D eigenvalue weighted by atomic mass is 10.1. The lowest BCUT2D eigenvalue weighted by Gasteiger charge is -2.20. The van der Waals surface area contributed by atoms with Crippen molar-refractivity contribution in [2.24, 2.45) is 0 Å². The fourth-order valence-corrected chi connectivity index (χ4v) is 3.97. The normalized spacial score (nSPS) is 15.0. The van der Waals surface area contributed by atoms with E-state index >= 15 is 0 Å². The van der Waals surface area contributed by atoms with Crippen molar-refractivity contribution in [2.75, 3.05) is 13.1 Å². The van der Waals surface area contributed by atoms with E-state index in [1.807, 2.05) is 40.6 Å². The van der Waals surface area contributed by atoms with Gasteiger partial charge in [-0.05, 0) is 62.1 Å². The maximum Gasteiger partial charge on any atom is 0.228 e. The summed E-state index contributed by atoms with van der Waals surface area (Å²) >= 11 is 0. The zero-order valence-corrected chi connectivity index (χ0v) is 16.5. The lowest BCUT2D eigenvalue weighted by molar-refractivity contribution is -0.130. The molecule has 1 amide bonds. The number of fused-ring (bicyclic) bond motifs is 1. The summed E-state index contributed by atoms with van der Waals surface area (Å²) < 4.78 is 15.8. The molecule has 146 valence electrons. The minimum absolute atomic E-state index is 0.144. The average molecular weight is 379 g/mol. The Hall–Kier alpha value is -2.69. The van der Waals surface area contributed by atoms with Crippen LogP contribution in [0, 0.1) is 19.7 Å². The number of hydrogen-bond donors (Lipinski definition) is 0. The maximum atomic E-state index is 13.8. The van der Waals surface area contributed by atoms with Gasteiger partial charge in [-0.15, -0.1) is 0 Å². The molecule has 0 saturated carbocycles. The third-order valence-electron chi connectivity index (χ3n) is 5.57. The molecule has 0 N–H and O–H groups in total. The molecule has 2 aromatic heterocycles. The topological polar surface area (TPSA) is 37.6 Å². The number of halogens is 1. The van der Waals surface area contributed by atoms with E-state index in [0.29, 0.717) is 12.0 Å². The van der Waals surface area contributed by atoms with Crippen LogP contribution in [0.25, 0.3) is 16.9 Å². The van der Waals surface area contributed by atoms with Crippen molar-refractivity contribution in [3.05, 3.63) is 59.2 Å². The van der Waals surface area contributed by atoms with Gasteiger partial charge in [-0.25, -0.2) is 9.37 Å². The van der Waals surface area contributed by atoms with Crippen molar-refractivity contribution < 1.29 is 9.18 Å². The zero-order chi connectivity index (χ0) is 19.7. The molecule has 1 aliphatic rings. The number of aryl methyl sites for hydroxylation is 2. The van der Waals surface area contributed by atoms with Crippen LogP contribution in [0.1, 0.15) is 42.5 Å². The number of pyridine rings is 1. The van der Waals surface area contributed by atoms with Crippen LogP contribution in [-0.4, -0.2) is 33.3 Å². The molecule has 28 heavy (non-hydrogen) atoms. The highest BCUT2D eigenvalue weighted by molar-refractivity contribution is 5.82. The van der Waals surface area contributed by atoms with Crippen LogP contribution >= 0.6 is 0 Å². The molecule has 0 unspecified atom stereocenters. The van der Waals surface area contributed by atoms with E-state index in [2.05, 4.69) is 0 Å². The van der Waals surface area contributed by atoms with Crippen LogP contribution < -0.4 is 0 Å². The second kappa shape index (κ2) is 7.74. The van der Waals surface area contributed by atoms with Gasteiger partial charge >= 0.3 is 0 Å². The Balaban J connectivity index is 1.77. The molecule has 1 aromatic carbocycles. The Bertz CT molecular complexity index is 1020. The number of benzene rings is 1. The first-order valence-electron chi connectivity index (χ1n) is 10.0. The van der Waals surface area contributed by atoms with E-state index in [4.69, 9.17) is 4.98 Å². The van der Waals surface area contributed by atoms with E-state index in [1.54, 1.807) is 13.0 Å². The Kier molecular flexibility index (Phi) is 5.16. The van der Waals surface area contributed by atoms with E-state index in [1.165, 1.54) is 18.9 Å². The molecule has 0 atom stereocenters. The summed E-state index contributed by atoms with van der Waals surface area (Å²) in [6, 6.07) is 9.01. The summed E-state index contributed by atoms with van der Waals surface area (Å²) in [4.78, 5) is 19.8. The fraction of sp³-hybridized carbons (Fsp3) is 0.391. The van der Waals surface area contributed by atoms with Crippen molar-refractivity contribution in [3.63, 3.8) is 0 Å². The molecule has 5 heteroatoms. The summed E-state index contributed by atoms with van der Waals surface area (Å²) in [5, 5.41) is 0. The van der Waals surface area contributed by atoms with E-state index in [0.717, 1.165) is 54.1 Å². The third-order valence-corrected chi connectivity index (χ3v) is 5.57. The summed E-state index contributed by atoms with van der Waals surface area (Å²) in [7, 11) is 0. The molecule has 1 fully saturated rings. The van der Waals surface area contributed by atoms with Crippen molar-refractivity contribution in [3.8, 4) is 11.3 Å². The molecule has 1 saturated heterocycles. The second-order valence-corrected chi connectivity index (χ2v) is 7.78. The summed E-state index contributed by atoms with van der Waals surface area (Å²) in [6.07, 6.45) is 6.85. The Labute approximate surface area is 165 Å². The summed E-state index contributed by atoms with van der Waals surface area (Å²) in [5.74, 6) is -0.0872. The van der Waals surface area contributed by atoms with Gasteiger partial charge in [0.15, 0.2) is 0 Å². The first kappa shape index (κ1) is 18.7. The Morgan fingerprint density at radius 2 is 1.82 bits per heavy atom. The van der Waals surface area contributed by atoms with Crippen LogP contribution in [0.5, 0.6) is 0 Å². The molecular weight excluding hydrogens is 353 g/mol. The minimum Gasteiger partial charge on any atom is -0.342 e. The van der Waals surface area contributed by atoms with Gasteiger partial charge in [0.1, 0.15) is 11.5 Å². The molecule has 0 aliphatic carbocycles. The largest absolute Gasteiger partial charge is 0.342 e. The van der Waals surface area contributed by atoms with Gasteiger partial charge in [0.25, 0.3) is 0 Å².